The van der Waals surface area contributed by atoms with E-state index in [0.29, 0.717) is 5.71 Å². The molecule has 0 aromatic heterocycles. The highest BCUT2D eigenvalue weighted by atomic mass is 16.6. The maximum atomic E-state index is 12.0. The van der Waals surface area contributed by atoms with Crippen molar-refractivity contribution in [3.8, 4) is 0 Å². The van der Waals surface area contributed by atoms with E-state index in [4.69, 9.17) is 0 Å². The normalized spacial score (nSPS) is 11.0. The zero-order valence-electron chi connectivity index (χ0n) is 13.2. The Kier molecular flexibility index (Phi) is 5.51. The molecule has 0 spiro atoms. The van der Waals surface area contributed by atoms with Gasteiger partial charge in [-0.25, -0.2) is 5.43 Å². The summed E-state index contributed by atoms with van der Waals surface area (Å²) in [7, 11) is 0. The minimum Gasteiger partial charge on any atom is -0.273 e. The first-order chi connectivity index (χ1) is 11.9. The zero-order chi connectivity index (χ0) is 18.4. The molecule has 2 aromatic carbocycles. The number of hydrogen-bond donors (Lipinski definition) is 1. The van der Waals surface area contributed by atoms with Gasteiger partial charge in [0.25, 0.3) is 11.4 Å². The third kappa shape index (κ3) is 4.67. The SMILES string of the molecule is C/C(=N\NC(=O)Cc1ccc([N+](=O)[O-])cc1[N+](=O)[O-])c1ccccc1. The fourth-order valence-corrected chi connectivity index (χ4v) is 2.09. The molecule has 0 atom stereocenters. The summed E-state index contributed by atoms with van der Waals surface area (Å²) < 4.78 is 0. The third-order valence-corrected chi connectivity index (χ3v) is 3.37. The van der Waals surface area contributed by atoms with Crippen molar-refractivity contribution in [2.45, 2.75) is 13.3 Å². The topological polar surface area (TPSA) is 128 Å². The average Bonchev–Trinajstić information content (AvgIpc) is 2.60. The number of non-ortho nitro benzene ring substituents is 1. The molecule has 1 N–H and O–H groups in total. The van der Waals surface area contributed by atoms with Gasteiger partial charge in [-0.1, -0.05) is 30.3 Å². The molecular formula is C16H14N4O5. The minimum absolute atomic E-state index is 0.0701. The van der Waals surface area contributed by atoms with Crippen molar-refractivity contribution in [2.75, 3.05) is 0 Å². The maximum Gasteiger partial charge on any atom is 0.279 e. The first-order valence-corrected chi connectivity index (χ1v) is 7.18. The van der Waals surface area contributed by atoms with Gasteiger partial charge in [0.1, 0.15) is 0 Å². The van der Waals surface area contributed by atoms with E-state index >= 15 is 0 Å². The van der Waals surface area contributed by atoms with Gasteiger partial charge in [0.2, 0.25) is 5.91 Å². The van der Waals surface area contributed by atoms with E-state index in [1.807, 2.05) is 30.3 Å². The lowest BCUT2D eigenvalue weighted by Crippen LogP contribution is -2.21. The predicted octanol–water partition coefficient (Wildman–Crippen LogP) is 2.59. The summed E-state index contributed by atoms with van der Waals surface area (Å²) in [4.78, 5) is 32.2. The van der Waals surface area contributed by atoms with Gasteiger partial charge < -0.3 is 0 Å². The highest BCUT2D eigenvalue weighted by molar-refractivity contribution is 5.99. The number of carbonyl (C=O) groups excluding carboxylic acids is 1. The van der Waals surface area contributed by atoms with Crippen LogP contribution < -0.4 is 5.43 Å². The summed E-state index contributed by atoms with van der Waals surface area (Å²) in [6.07, 6.45) is -0.320. The molecule has 0 heterocycles. The number of rotatable bonds is 6. The van der Waals surface area contributed by atoms with Crippen LogP contribution >= 0.6 is 0 Å². The summed E-state index contributed by atoms with van der Waals surface area (Å²) in [5.74, 6) is -0.563. The minimum atomic E-state index is -0.756. The number of carbonyl (C=O) groups is 1. The van der Waals surface area contributed by atoms with E-state index in [1.54, 1.807) is 6.92 Å². The number of nitro groups is 2. The molecule has 0 saturated heterocycles. The maximum absolute atomic E-state index is 12.0. The van der Waals surface area contributed by atoms with Crippen molar-refractivity contribution in [2.24, 2.45) is 5.10 Å². The van der Waals surface area contributed by atoms with E-state index in [1.165, 1.54) is 6.07 Å². The van der Waals surface area contributed by atoms with Crippen LogP contribution in [0, 0.1) is 20.2 Å². The van der Waals surface area contributed by atoms with Crippen molar-refractivity contribution >= 4 is 23.0 Å². The van der Waals surface area contributed by atoms with Crippen LogP contribution in [0.1, 0.15) is 18.1 Å². The number of amides is 1. The van der Waals surface area contributed by atoms with Crippen LogP contribution in [-0.2, 0) is 11.2 Å². The molecule has 2 rings (SSSR count). The van der Waals surface area contributed by atoms with Crippen LogP contribution in [0.3, 0.4) is 0 Å². The van der Waals surface area contributed by atoms with Gasteiger partial charge in [-0.15, -0.1) is 0 Å². The zero-order valence-corrected chi connectivity index (χ0v) is 13.2. The molecule has 0 fully saturated rings. The lowest BCUT2D eigenvalue weighted by molar-refractivity contribution is -0.394. The molecule has 0 aliphatic heterocycles. The largest absolute Gasteiger partial charge is 0.279 e. The summed E-state index contributed by atoms with van der Waals surface area (Å²) >= 11 is 0. The van der Waals surface area contributed by atoms with E-state index in [-0.39, 0.29) is 12.0 Å². The standard InChI is InChI=1S/C16H14N4O5/c1-11(12-5-3-2-4-6-12)17-18-16(21)9-13-7-8-14(19(22)23)10-15(13)20(24)25/h2-8,10H,9H2,1H3,(H,18,21)/b17-11+. The van der Waals surface area contributed by atoms with Gasteiger partial charge >= 0.3 is 0 Å². The van der Waals surface area contributed by atoms with Crippen LogP contribution in [0.4, 0.5) is 11.4 Å². The average molecular weight is 342 g/mol. The molecule has 0 saturated carbocycles. The Balaban J connectivity index is 2.12. The van der Waals surface area contributed by atoms with Crippen LogP contribution in [0.2, 0.25) is 0 Å². The number of nitrogens with one attached hydrogen (secondary N) is 1. The number of nitro benzene ring substituents is 2. The van der Waals surface area contributed by atoms with E-state index < -0.39 is 27.1 Å². The molecule has 0 radical (unpaired) electrons. The smallest absolute Gasteiger partial charge is 0.273 e. The number of nitrogens with zero attached hydrogens (tertiary/aromatic N) is 3. The quantitative estimate of drug-likeness (QED) is 0.490. The molecule has 0 unspecified atom stereocenters. The van der Waals surface area contributed by atoms with Crippen LogP contribution in [0.15, 0.2) is 53.6 Å². The fourth-order valence-electron chi connectivity index (χ4n) is 2.09. The van der Waals surface area contributed by atoms with Gasteiger partial charge in [-0.05, 0) is 18.6 Å². The van der Waals surface area contributed by atoms with Crippen LogP contribution in [-0.4, -0.2) is 21.5 Å². The van der Waals surface area contributed by atoms with Crippen LogP contribution in [0.5, 0.6) is 0 Å². The van der Waals surface area contributed by atoms with Gasteiger partial charge in [0.15, 0.2) is 0 Å². The second kappa shape index (κ2) is 7.77. The summed E-state index contributed by atoms with van der Waals surface area (Å²) in [5.41, 5.74) is 2.91. The Morgan fingerprint density at radius 3 is 2.36 bits per heavy atom. The van der Waals surface area contributed by atoms with Crippen molar-refractivity contribution in [1.29, 1.82) is 0 Å². The Morgan fingerprint density at radius 2 is 1.76 bits per heavy atom. The van der Waals surface area contributed by atoms with E-state index in [0.717, 1.165) is 17.7 Å². The third-order valence-electron chi connectivity index (χ3n) is 3.37. The number of hydrazone groups is 1. The van der Waals surface area contributed by atoms with E-state index in [2.05, 4.69) is 10.5 Å². The Bertz CT molecular complexity index is 849. The second-order valence-corrected chi connectivity index (χ2v) is 5.10. The van der Waals surface area contributed by atoms with E-state index in [9.17, 15) is 25.0 Å². The number of benzene rings is 2. The molecule has 128 valence electrons. The summed E-state index contributed by atoms with van der Waals surface area (Å²) in [6, 6.07) is 12.3. The Morgan fingerprint density at radius 1 is 1.08 bits per heavy atom. The second-order valence-electron chi connectivity index (χ2n) is 5.10. The molecule has 9 nitrogen and oxygen atoms in total. The van der Waals surface area contributed by atoms with Crippen molar-refractivity contribution in [3.05, 3.63) is 79.9 Å². The lowest BCUT2D eigenvalue weighted by Gasteiger charge is -2.04. The molecular weight excluding hydrogens is 328 g/mol. The fraction of sp³-hybridized carbons (Fsp3) is 0.125. The van der Waals surface area contributed by atoms with Crippen LogP contribution in [0.25, 0.3) is 0 Å². The molecule has 0 bridgehead atoms. The molecule has 25 heavy (non-hydrogen) atoms. The van der Waals surface area contributed by atoms with Crippen molar-refractivity contribution in [3.63, 3.8) is 0 Å². The highest BCUT2D eigenvalue weighted by Gasteiger charge is 2.21. The van der Waals surface area contributed by atoms with Gasteiger partial charge in [0, 0.05) is 11.6 Å². The Hall–Kier alpha value is -3.62. The first-order valence-electron chi connectivity index (χ1n) is 7.18. The molecule has 0 aliphatic carbocycles. The van der Waals surface area contributed by atoms with Gasteiger partial charge in [-0.2, -0.15) is 5.10 Å². The molecule has 0 aliphatic rings. The molecule has 9 heteroatoms. The monoisotopic (exact) mass is 342 g/mol. The first kappa shape index (κ1) is 17.7. The van der Waals surface area contributed by atoms with Crippen molar-refractivity contribution in [1.82, 2.24) is 5.43 Å². The predicted molar refractivity (Wildman–Crippen MR) is 90.3 cm³/mol. The van der Waals surface area contributed by atoms with Crippen molar-refractivity contribution < 1.29 is 14.6 Å². The van der Waals surface area contributed by atoms with Gasteiger partial charge in [-0.3, -0.25) is 25.0 Å². The summed E-state index contributed by atoms with van der Waals surface area (Å²) in [5, 5.41) is 25.7. The number of hydrogen-bond acceptors (Lipinski definition) is 6. The molecule has 2 aromatic rings. The van der Waals surface area contributed by atoms with Gasteiger partial charge in [0.05, 0.1) is 28.0 Å². The lowest BCUT2D eigenvalue weighted by atomic mass is 10.1. The Labute approximate surface area is 142 Å². The summed E-state index contributed by atoms with van der Waals surface area (Å²) in [6.45, 7) is 1.71. The molecule has 1 amide bonds. The highest BCUT2D eigenvalue weighted by Crippen LogP contribution is 2.24.